The summed E-state index contributed by atoms with van der Waals surface area (Å²) in [5.41, 5.74) is 18.5. The van der Waals surface area contributed by atoms with Crippen LogP contribution in [0.15, 0.2) is 157 Å². The van der Waals surface area contributed by atoms with Gasteiger partial charge in [0.15, 0.2) is 5.82 Å². The van der Waals surface area contributed by atoms with Crippen LogP contribution in [0.2, 0.25) is 0 Å². The summed E-state index contributed by atoms with van der Waals surface area (Å²) in [5.74, 6) is 3.22. The van der Waals surface area contributed by atoms with Crippen molar-refractivity contribution in [3.8, 4) is 5.88 Å². The lowest BCUT2D eigenvalue weighted by Crippen LogP contribution is -2.40. The molecule has 0 saturated heterocycles. The molecule has 2 saturated carbocycles. The van der Waals surface area contributed by atoms with E-state index in [2.05, 4.69) is 89.3 Å². The molecule has 0 bridgehead atoms. The van der Waals surface area contributed by atoms with Gasteiger partial charge in [-0.05, 0) is 233 Å². The van der Waals surface area contributed by atoms with Crippen LogP contribution in [-0.4, -0.2) is 87.9 Å². The molecular formula is C74H81N9O7S2. The lowest BCUT2D eigenvalue weighted by Gasteiger charge is -2.29. The van der Waals surface area contributed by atoms with Gasteiger partial charge in [-0.2, -0.15) is 0 Å². The van der Waals surface area contributed by atoms with Crippen molar-refractivity contribution in [2.45, 2.75) is 106 Å². The van der Waals surface area contributed by atoms with Crippen LogP contribution in [0.1, 0.15) is 116 Å². The summed E-state index contributed by atoms with van der Waals surface area (Å²) < 4.78 is 59.1. The van der Waals surface area contributed by atoms with Gasteiger partial charge in [0, 0.05) is 62.8 Å². The molecule has 2 aliphatic carbocycles. The largest absolute Gasteiger partial charge is 0.474 e. The quantitative estimate of drug-likeness (QED) is 0.137. The van der Waals surface area contributed by atoms with E-state index in [-0.39, 0.29) is 23.7 Å². The van der Waals surface area contributed by atoms with Crippen molar-refractivity contribution in [1.82, 2.24) is 19.9 Å². The Hall–Kier alpha value is -9.00. The van der Waals surface area contributed by atoms with E-state index >= 15 is 0 Å². The van der Waals surface area contributed by atoms with Gasteiger partial charge in [-0.25, -0.2) is 31.8 Å². The first kappa shape index (κ1) is 64.5. The Morgan fingerprint density at radius 3 is 1.61 bits per heavy atom. The molecule has 6 aliphatic rings. The van der Waals surface area contributed by atoms with Gasteiger partial charge in [-0.1, -0.05) is 78.9 Å². The van der Waals surface area contributed by atoms with Crippen molar-refractivity contribution in [1.29, 1.82) is 0 Å². The first-order valence-corrected chi connectivity index (χ1v) is 34.7. The predicted octanol–water partition coefficient (Wildman–Crippen LogP) is 13.4. The highest BCUT2D eigenvalue weighted by molar-refractivity contribution is 7.96. The van der Waals surface area contributed by atoms with Crippen molar-refractivity contribution in [2.24, 2.45) is 11.8 Å². The van der Waals surface area contributed by atoms with E-state index in [1.807, 2.05) is 116 Å². The fourth-order valence-corrected chi connectivity index (χ4v) is 14.7. The summed E-state index contributed by atoms with van der Waals surface area (Å²) in [5, 5.41) is 5.88. The zero-order valence-corrected chi connectivity index (χ0v) is 55.3. The summed E-state index contributed by atoms with van der Waals surface area (Å²) in [4.78, 5) is 46.7. The zero-order chi connectivity index (χ0) is 64.8. The molecular weight excluding hydrogens is 1190 g/mol. The normalized spacial score (nSPS) is 18.6. The Balaban J connectivity index is 0.000000126. The molecule has 476 valence electrons. The highest BCUT2D eigenvalue weighted by atomic mass is 32.2. The Bertz CT molecular complexity index is 4090. The van der Waals surface area contributed by atoms with Gasteiger partial charge in [-0.3, -0.25) is 28.1 Å². The van der Waals surface area contributed by atoms with Crippen LogP contribution in [-0.2, 0) is 42.5 Å². The Morgan fingerprint density at radius 1 is 0.500 bits per heavy atom. The van der Waals surface area contributed by atoms with E-state index in [1.54, 1.807) is 43.0 Å². The maximum atomic E-state index is 12.9. The van der Waals surface area contributed by atoms with Crippen LogP contribution in [0.3, 0.4) is 0 Å². The molecule has 2 amide bonds. The van der Waals surface area contributed by atoms with Gasteiger partial charge in [0.05, 0.1) is 34.4 Å². The molecule has 18 heteroatoms. The molecule has 2 fully saturated rings. The highest BCUT2D eigenvalue weighted by Gasteiger charge is 2.48. The average Bonchev–Trinajstić information content (AvgIpc) is 1.47. The summed E-state index contributed by atoms with van der Waals surface area (Å²) >= 11 is 0. The number of amides is 2. The molecule has 8 heterocycles. The third-order valence-electron chi connectivity index (χ3n) is 18.3. The molecule has 1 N–H and O–H groups in total. The Kier molecular flexibility index (Phi) is 19.5. The second kappa shape index (κ2) is 27.8. The van der Waals surface area contributed by atoms with E-state index < -0.39 is 20.0 Å². The molecule has 16 nitrogen and oxygen atoms in total. The van der Waals surface area contributed by atoms with Crippen LogP contribution >= 0.6 is 0 Å². The molecule has 4 aromatic heterocycles. The molecule has 4 aromatic carbocycles. The minimum absolute atomic E-state index is 0.0864. The minimum atomic E-state index is -3.53. The van der Waals surface area contributed by atoms with Gasteiger partial charge < -0.3 is 15.0 Å². The van der Waals surface area contributed by atoms with Crippen LogP contribution in [0.25, 0.3) is 12.2 Å². The summed E-state index contributed by atoms with van der Waals surface area (Å²) in [6, 6.07) is 40.0. The molecule has 4 unspecified atom stereocenters. The van der Waals surface area contributed by atoms with Gasteiger partial charge in [-0.15, -0.1) is 0 Å². The number of aryl methyl sites for hydroxylation is 10. The van der Waals surface area contributed by atoms with Gasteiger partial charge in [0.25, 0.3) is 20.0 Å². The molecule has 0 spiro atoms. The molecule has 14 rings (SSSR count). The highest BCUT2D eigenvalue weighted by Crippen LogP contribution is 2.51. The number of hydrogen-bond acceptors (Lipinski definition) is 12. The number of hydrogen-bond donors (Lipinski definition) is 1. The number of nitrogens with zero attached hydrogens (tertiary/aromatic N) is 8. The van der Waals surface area contributed by atoms with Crippen LogP contribution < -0.4 is 28.5 Å². The Labute approximate surface area is 542 Å². The maximum absolute atomic E-state index is 12.9. The third-order valence-corrected chi connectivity index (χ3v) is 21.2. The number of carbonyl (C=O) groups is 2. The number of benzene rings is 4. The molecule has 4 aliphatic heterocycles. The fraction of sp³-hybridized carbons (Fsp3) is 0.324. The first-order valence-electron chi connectivity index (χ1n) is 31.7. The smallest absolute Gasteiger partial charge is 0.258 e. The fourth-order valence-electron chi connectivity index (χ4n) is 12.2. The molecule has 0 radical (unpaired) electrons. The van der Waals surface area contributed by atoms with E-state index in [1.165, 1.54) is 63.9 Å². The zero-order valence-electron chi connectivity index (χ0n) is 53.7. The maximum Gasteiger partial charge on any atom is 0.258 e. The number of sulfonamides is 2. The molecule has 4 atom stereocenters. The number of ether oxygens (including phenoxy) is 1. The summed E-state index contributed by atoms with van der Waals surface area (Å²) in [7, 11) is -7.03. The van der Waals surface area contributed by atoms with E-state index in [4.69, 9.17) is 4.74 Å². The monoisotopic (exact) mass is 1270 g/mol. The third kappa shape index (κ3) is 14.8. The van der Waals surface area contributed by atoms with Gasteiger partial charge in [0.1, 0.15) is 18.1 Å². The SMILES string of the molecule is Cc1ccc(/C=C/S(=O)(=O)N2CCCc3cccnc32)cc1C.Cc1ccc(/C=C/S(=O)(=O)N2CCCc3ncccc32)cc1C.Cc1ccc(C2CC2C(=O)N2CCNc3cccnc32)cc1C.Cc1ccc(C2CC2C(=O)N2CCOc3ncccc32)cc1C. The van der Waals surface area contributed by atoms with Crippen LogP contribution in [0.5, 0.6) is 5.88 Å². The number of fused-ring (bicyclic) bond motifs is 4. The number of pyridine rings is 4. The second-order valence-electron chi connectivity index (χ2n) is 24.7. The summed E-state index contributed by atoms with van der Waals surface area (Å²) in [6.45, 7) is 20.2. The van der Waals surface area contributed by atoms with Crippen molar-refractivity contribution in [3.05, 3.63) is 235 Å². The number of rotatable bonds is 10. The topological polar surface area (TPSA) is 188 Å². The van der Waals surface area contributed by atoms with E-state index in [0.717, 1.165) is 95.8 Å². The second-order valence-corrected chi connectivity index (χ2v) is 28.2. The predicted molar refractivity (Wildman–Crippen MR) is 368 cm³/mol. The first-order chi connectivity index (χ1) is 44.2. The van der Waals surface area contributed by atoms with Crippen LogP contribution in [0, 0.1) is 67.2 Å². The average molecular weight is 1270 g/mol. The summed E-state index contributed by atoms with van der Waals surface area (Å²) in [6.07, 6.45) is 15.3. The Morgan fingerprint density at radius 2 is 1.00 bits per heavy atom. The number of anilines is 5. The molecule has 92 heavy (non-hydrogen) atoms. The van der Waals surface area contributed by atoms with Gasteiger partial charge >= 0.3 is 0 Å². The lowest BCUT2D eigenvalue weighted by molar-refractivity contribution is -0.120. The molecule has 8 aromatic rings. The van der Waals surface area contributed by atoms with Crippen molar-refractivity contribution >= 4 is 72.7 Å². The standard InChI is InChI=1S/C19H21N3O.C19H20N2O2.2C18H20N2O2S/c1-12-5-6-14(10-13(12)2)15-11-16(15)19(23)22-9-8-20-17-4-3-7-21-18(17)22;1-12-5-6-14(10-13(12)2)15-11-16(15)19(22)21-8-9-23-18-17(21)4-3-7-20-18;1-14-7-8-16(13-15(14)2)9-12-23(21,22)20-11-4-5-17-18(20)6-3-10-19-17;1-14-7-8-16(13-15(14)2)9-12-23(21,22)20-11-4-6-17-5-3-10-19-18(17)20/h3-7,10,15-16,20H,8-9,11H2,1-2H3;3-7,10,15-16H,8-9,11H2,1-2H3;3,6-10,12-13H,4-5,11H2,1-2H3;3,5,7-10,12-13H,4,6,11H2,1-2H3/b;;2*12-9+. The van der Waals surface area contributed by atoms with Crippen molar-refractivity contribution in [2.75, 3.05) is 63.1 Å². The van der Waals surface area contributed by atoms with Crippen molar-refractivity contribution in [3.63, 3.8) is 0 Å². The van der Waals surface area contributed by atoms with Crippen LogP contribution in [0.4, 0.5) is 28.7 Å². The minimum Gasteiger partial charge on any atom is -0.474 e. The number of aromatic nitrogens is 4. The van der Waals surface area contributed by atoms with Gasteiger partial charge in [0.2, 0.25) is 17.7 Å². The van der Waals surface area contributed by atoms with E-state index in [9.17, 15) is 26.4 Å². The van der Waals surface area contributed by atoms with Crippen molar-refractivity contribution < 1.29 is 31.2 Å². The van der Waals surface area contributed by atoms with E-state index in [0.29, 0.717) is 62.0 Å². The number of nitrogens with one attached hydrogen (secondary N) is 1. The lowest BCUT2D eigenvalue weighted by atomic mass is 10.0. The number of carbonyl (C=O) groups excluding carboxylic acids is 2.